The lowest BCUT2D eigenvalue weighted by molar-refractivity contribution is 0.216. The first-order valence-electron chi connectivity index (χ1n) is 8.58. The average Bonchev–Trinajstić information content (AvgIpc) is 3.11. The Morgan fingerprint density at radius 1 is 1.12 bits per heavy atom. The molecule has 0 bridgehead atoms. The Morgan fingerprint density at radius 2 is 1.81 bits per heavy atom. The van der Waals surface area contributed by atoms with Gasteiger partial charge in [0, 0.05) is 11.6 Å². The van der Waals surface area contributed by atoms with Gasteiger partial charge in [0.2, 0.25) is 11.7 Å². The molecular weight excluding hydrogens is 333 g/mol. The zero-order valence-electron chi connectivity index (χ0n) is 15.1. The van der Waals surface area contributed by atoms with Crippen molar-refractivity contribution in [3.63, 3.8) is 0 Å². The van der Waals surface area contributed by atoms with Crippen LogP contribution in [0.2, 0.25) is 0 Å². The van der Waals surface area contributed by atoms with Crippen LogP contribution in [0.5, 0.6) is 5.75 Å². The maximum absolute atomic E-state index is 13.1. The molecule has 1 atom stereocenters. The molecule has 3 aromatic rings. The maximum atomic E-state index is 13.1. The molecule has 0 aliphatic carbocycles. The fourth-order valence-electron chi connectivity index (χ4n) is 2.65. The first-order valence-corrected chi connectivity index (χ1v) is 8.58. The fraction of sp³-hybridized carbons (Fsp3) is 0.300. The summed E-state index contributed by atoms with van der Waals surface area (Å²) in [5.41, 5.74) is 1.90. The van der Waals surface area contributed by atoms with Gasteiger partial charge in [-0.25, -0.2) is 4.39 Å². The minimum atomic E-state index is -0.236. The maximum Gasteiger partial charge on any atom is 0.241 e. The number of nitrogens with zero attached hydrogens (tertiary/aromatic N) is 3. The predicted molar refractivity (Wildman–Crippen MR) is 97.2 cm³/mol. The third-order valence-electron chi connectivity index (χ3n) is 4.29. The van der Waals surface area contributed by atoms with Gasteiger partial charge in [-0.2, -0.15) is 4.98 Å². The van der Waals surface area contributed by atoms with Crippen LogP contribution < -0.4 is 4.74 Å². The van der Waals surface area contributed by atoms with Crippen molar-refractivity contribution in [2.45, 2.75) is 26.4 Å². The third kappa shape index (κ3) is 4.26. The Kier molecular flexibility index (Phi) is 5.63. The quantitative estimate of drug-likeness (QED) is 0.626. The van der Waals surface area contributed by atoms with E-state index < -0.39 is 0 Å². The number of ether oxygens (including phenoxy) is 1. The van der Waals surface area contributed by atoms with E-state index in [0.29, 0.717) is 24.9 Å². The zero-order chi connectivity index (χ0) is 18.5. The predicted octanol–water partition coefficient (Wildman–Crippen LogP) is 4.47. The van der Waals surface area contributed by atoms with Crippen LogP contribution in [0.1, 0.15) is 31.3 Å². The first-order chi connectivity index (χ1) is 12.6. The van der Waals surface area contributed by atoms with Gasteiger partial charge in [0.25, 0.3) is 0 Å². The third-order valence-corrected chi connectivity index (χ3v) is 4.29. The van der Waals surface area contributed by atoms with Gasteiger partial charge in [-0.1, -0.05) is 17.3 Å². The van der Waals surface area contributed by atoms with Gasteiger partial charge >= 0.3 is 0 Å². The lowest BCUT2D eigenvalue weighted by atomic mass is 10.1. The molecule has 0 N–H and O–H groups in total. The average molecular weight is 355 g/mol. The van der Waals surface area contributed by atoms with Gasteiger partial charge in [0.15, 0.2) is 0 Å². The topological polar surface area (TPSA) is 51.4 Å². The summed E-state index contributed by atoms with van der Waals surface area (Å²) < 4.78 is 23.9. The molecule has 0 saturated carbocycles. The molecule has 0 fully saturated rings. The largest absolute Gasteiger partial charge is 0.494 e. The van der Waals surface area contributed by atoms with Crippen molar-refractivity contribution >= 4 is 0 Å². The van der Waals surface area contributed by atoms with Crippen molar-refractivity contribution in [3.8, 4) is 17.1 Å². The normalized spacial score (nSPS) is 12.3. The standard InChI is InChI=1S/C20H22FN3O2/c1-4-25-18-11-7-16(8-12-18)20-22-19(26-23-20)13-24(3)14(2)15-5-9-17(21)10-6-15/h5-12,14H,4,13H2,1-3H3. The highest BCUT2D eigenvalue weighted by Gasteiger charge is 2.16. The molecule has 6 heteroatoms. The lowest BCUT2D eigenvalue weighted by Gasteiger charge is -2.23. The second-order valence-electron chi connectivity index (χ2n) is 6.11. The molecule has 3 rings (SSSR count). The first kappa shape index (κ1) is 18.1. The van der Waals surface area contributed by atoms with E-state index in [-0.39, 0.29) is 11.9 Å². The van der Waals surface area contributed by atoms with Crippen LogP contribution in [0.15, 0.2) is 53.1 Å². The summed E-state index contributed by atoms with van der Waals surface area (Å²) in [6, 6.07) is 14.2. The van der Waals surface area contributed by atoms with E-state index in [1.807, 2.05) is 38.2 Å². The van der Waals surface area contributed by atoms with Crippen molar-refractivity contribution in [2.75, 3.05) is 13.7 Å². The van der Waals surface area contributed by atoms with Crippen LogP contribution in [0, 0.1) is 5.82 Å². The Labute approximate surface area is 152 Å². The van der Waals surface area contributed by atoms with E-state index >= 15 is 0 Å². The van der Waals surface area contributed by atoms with E-state index in [2.05, 4.69) is 22.0 Å². The van der Waals surface area contributed by atoms with E-state index in [1.54, 1.807) is 12.1 Å². The van der Waals surface area contributed by atoms with Crippen molar-refractivity contribution in [3.05, 3.63) is 65.8 Å². The molecule has 1 aromatic heterocycles. The molecule has 1 heterocycles. The van der Waals surface area contributed by atoms with Gasteiger partial charge in [-0.3, -0.25) is 4.90 Å². The number of rotatable bonds is 7. The minimum Gasteiger partial charge on any atom is -0.494 e. The SMILES string of the molecule is CCOc1ccc(-c2noc(CN(C)C(C)c3ccc(F)cc3)n2)cc1. The van der Waals surface area contributed by atoms with Crippen molar-refractivity contribution in [1.29, 1.82) is 0 Å². The summed E-state index contributed by atoms with van der Waals surface area (Å²) in [6.45, 7) is 5.13. The Hall–Kier alpha value is -2.73. The molecule has 0 aliphatic heterocycles. The highest BCUT2D eigenvalue weighted by atomic mass is 19.1. The smallest absolute Gasteiger partial charge is 0.241 e. The van der Waals surface area contributed by atoms with E-state index in [0.717, 1.165) is 16.9 Å². The van der Waals surface area contributed by atoms with Gasteiger partial charge in [-0.15, -0.1) is 0 Å². The molecule has 0 radical (unpaired) electrons. The van der Waals surface area contributed by atoms with Crippen LogP contribution in [0.4, 0.5) is 4.39 Å². The lowest BCUT2D eigenvalue weighted by Crippen LogP contribution is -2.22. The second kappa shape index (κ2) is 8.10. The fourth-order valence-corrected chi connectivity index (χ4v) is 2.65. The molecule has 0 spiro atoms. The highest BCUT2D eigenvalue weighted by molar-refractivity contribution is 5.55. The van der Waals surface area contributed by atoms with Gasteiger partial charge in [-0.05, 0) is 62.9 Å². The van der Waals surface area contributed by atoms with Crippen LogP contribution >= 0.6 is 0 Å². The highest BCUT2D eigenvalue weighted by Crippen LogP contribution is 2.23. The van der Waals surface area contributed by atoms with Gasteiger partial charge < -0.3 is 9.26 Å². The number of halogens is 1. The number of hydrogen-bond donors (Lipinski definition) is 0. The Morgan fingerprint density at radius 3 is 2.46 bits per heavy atom. The van der Waals surface area contributed by atoms with Crippen molar-refractivity contribution < 1.29 is 13.7 Å². The summed E-state index contributed by atoms with van der Waals surface area (Å²) in [5, 5.41) is 4.06. The molecule has 1 unspecified atom stereocenters. The van der Waals surface area contributed by atoms with Crippen LogP contribution in [0.25, 0.3) is 11.4 Å². The Bertz CT molecular complexity index is 831. The molecule has 0 aliphatic rings. The molecule has 2 aromatic carbocycles. The van der Waals surface area contributed by atoms with Crippen molar-refractivity contribution in [2.24, 2.45) is 0 Å². The second-order valence-corrected chi connectivity index (χ2v) is 6.11. The molecule has 0 saturated heterocycles. The summed E-state index contributed by atoms with van der Waals surface area (Å²) in [7, 11) is 1.97. The van der Waals surface area contributed by atoms with Gasteiger partial charge in [0.05, 0.1) is 13.2 Å². The molecular formula is C20H22FN3O2. The number of benzene rings is 2. The van der Waals surface area contributed by atoms with Gasteiger partial charge in [0.1, 0.15) is 11.6 Å². The summed E-state index contributed by atoms with van der Waals surface area (Å²) in [6.07, 6.45) is 0. The van der Waals surface area contributed by atoms with E-state index in [9.17, 15) is 4.39 Å². The summed E-state index contributed by atoms with van der Waals surface area (Å²) in [4.78, 5) is 6.54. The molecule has 0 amide bonds. The van der Waals surface area contributed by atoms with Crippen LogP contribution in [-0.2, 0) is 6.54 Å². The molecule has 5 nitrogen and oxygen atoms in total. The number of hydrogen-bond acceptors (Lipinski definition) is 5. The minimum absolute atomic E-state index is 0.0939. The van der Waals surface area contributed by atoms with Crippen molar-refractivity contribution in [1.82, 2.24) is 15.0 Å². The summed E-state index contributed by atoms with van der Waals surface area (Å²) in [5.74, 6) is 1.66. The summed E-state index contributed by atoms with van der Waals surface area (Å²) >= 11 is 0. The van der Waals surface area contributed by atoms with Crippen LogP contribution in [0.3, 0.4) is 0 Å². The monoisotopic (exact) mass is 355 g/mol. The van der Waals surface area contributed by atoms with E-state index in [4.69, 9.17) is 9.26 Å². The zero-order valence-corrected chi connectivity index (χ0v) is 15.1. The molecule has 26 heavy (non-hydrogen) atoms. The van der Waals surface area contributed by atoms with Crippen LogP contribution in [-0.4, -0.2) is 28.7 Å². The number of aromatic nitrogens is 2. The molecule has 136 valence electrons. The van der Waals surface area contributed by atoms with E-state index in [1.165, 1.54) is 12.1 Å². The Balaban J connectivity index is 1.66.